The molecule has 1 aliphatic rings. The average Bonchev–Trinajstić information content (AvgIpc) is 3.09. The van der Waals surface area contributed by atoms with Gasteiger partial charge in [0.25, 0.3) is 5.60 Å². The predicted octanol–water partition coefficient (Wildman–Crippen LogP) is 5.68. The molecule has 0 N–H and O–H groups in total. The molecule has 29 heavy (non-hydrogen) atoms. The summed E-state index contributed by atoms with van der Waals surface area (Å²) in [7, 11) is 0. The van der Waals surface area contributed by atoms with Crippen LogP contribution in [-0.4, -0.2) is 17.8 Å². The summed E-state index contributed by atoms with van der Waals surface area (Å²) < 4.78 is 42.2. The Morgan fingerprint density at radius 3 is 2.45 bits per heavy atom. The number of rotatable bonds is 4. The molecule has 0 aromatic heterocycles. The lowest BCUT2D eigenvalue weighted by Crippen LogP contribution is -2.42. The molecule has 1 heterocycles. The third-order valence-electron chi connectivity index (χ3n) is 4.60. The third-order valence-corrected chi connectivity index (χ3v) is 5.04. The summed E-state index contributed by atoms with van der Waals surface area (Å²) in [4.78, 5) is 8.97. The number of aliphatic imine (C=N–C) groups is 1. The van der Waals surface area contributed by atoms with Crippen molar-refractivity contribution in [2.24, 2.45) is 10.1 Å². The lowest BCUT2D eigenvalue weighted by atomic mass is 9.86. The van der Waals surface area contributed by atoms with Gasteiger partial charge >= 0.3 is 6.18 Å². The van der Waals surface area contributed by atoms with Crippen molar-refractivity contribution in [3.8, 4) is 0 Å². The molecule has 2 aromatic carbocycles. The number of aryl methyl sites for hydroxylation is 1. The Hall–Kier alpha value is -2.25. The van der Waals surface area contributed by atoms with E-state index in [1.807, 2.05) is 0 Å². The van der Waals surface area contributed by atoms with E-state index in [0.29, 0.717) is 11.3 Å². The van der Waals surface area contributed by atoms with Crippen molar-refractivity contribution in [2.45, 2.75) is 38.5 Å². The highest BCUT2D eigenvalue weighted by Crippen LogP contribution is 2.49. The lowest BCUT2D eigenvalue weighted by molar-refractivity contribution is -0.275. The quantitative estimate of drug-likeness (QED) is 0.450. The molecular formula is C20H16Cl2F3N2O2-. The lowest BCUT2D eigenvalue weighted by Gasteiger charge is -2.29. The van der Waals surface area contributed by atoms with Gasteiger partial charge in [0.1, 0.15) is 0 Å². The molecule has 1 unspecified atom stereocenters. The minimum Gasteiger partial charge on any atom is -0.862 e. The molecule has 3 rings (SSSR count). The number of halogens is 5. The van der Waals surface area contributed by atoms with E-state index in [4.69, 9.17) is 28.0 Å². The van der Waals surface area contributed by atoms with Gasteiger partial charge in [0.05, 0.1) is 11.4 Å². The van der Waals surface area contributed by atoms with Crippen molar-refractivity contribution in [3.63, 3.8) is 0 Å². The summed E-state index contributed by atoms with van der Waals surface area (Å²) in [5.41, 5.74) is -1.37. The molecule has 4 nitrogen and oxygen atoms in total. The van der Waals surface area contributed by atoms with Crippen molar-refractivity contribution in [1.29, 1.82) is 0 Å². The summed E-state index contributed by atoms with van der Waals surface area (Å²) in [6.45, 7) is 3.43. The molecule has 1 aliphatic heterocycles. The zero-order valence-corrected chi connectivity index (χ0v) is 17.0. The number of hydrogen-bond acceptors (Lipinski definition) is 4. The number of nitrogens with zero attached hydrogens (tertiary/aromatic N) is 2. The van der Waals surface area contributed by atoms with Gasteiger partial charge in [0.15, 0.2) is 0 Å². The molecule has 9 heteroatoms. The Morgan fingerprint density at radius 2 is 1.86 bits per heavy atom. The van der Waals surface area contributed by atoms with Crippen molar-refractivity contribution < 1.29 is 23.1 Å². The van der Waals surface area contributed by atoms with Crippen LogP contribution in [-0.2, 0) is 10.4 Å². The van der Waals surface area contributed by atoms with Gasteiger partial charge in [-0.15, -0.1) is 0 Å². The second-order valence-corrected chi connectivity index (χ2v) is 7.52. The van der Waals surface area contributed by atoms with E-state index >= 15 is 0 Å². The van der Waals surface area contributed by atoms with Crippen LogP contribution >= 0.6 is 23.2 Å². The Bertz CT molecular complexity index is 985. The topological polar surface area (TPSA) is 57.0 Å². The molecule has 0 saturated heterocycles. The fourth-order valence-corrected chi connectivity index (χ4v) is 3.49. The molecule has 1 atom stereocenters. The molecule has 0 spiro atoms. The average molecular weight is 444 g/mol. The van der Waals surface area contributed by atoms with E-state index in [-0.39, 0.29) is 33.6 Å². The molecular weight excluding hydrogens is 428 g/mol. The van der Waals surface area contributed by atoms with Gasteiger partial charge in [0, 0.05) is 27.6 Å². The van der Waals surface area contributed by atoms with Gasteiger partial charge in [-0.2, -0.15) is 13.2 Å². The van der Waals surface area contributed by atoms with Gasteiger partial charge in [-0.3, -0.25) is 4.99 Å². The first-order chi connectivity index (χ1) is 13.6. The molecule has 2 aromatic rings. The Labute approximate surface area is 175 Å². The Kier molecular flexibility index (Phi) is 5.83. The van der Waals surface area contributed by atoms with Gasteiger partial charge in [0.2, 0.25) is 0 Å². The summed E-state index contributed by atoms with van der Waals surface area (Å²) in [5.74, 6) is -0.326. The van der Waals surface area contributed by atoms with Crippen molar-refractivity contribution in [3.05, 3.63) is 63.1 Å². The minimum absolute atomic E-state index is 0.0580. The molecule has 0 radical (unpaired) electrons. The minimum atomic E-state index is -4.78. The van der Waals surface area contributed by atoms with Crippen LogP contribution in [0.25, 0.3) is 0 Å². The van der Waals surface area contributed by atoms with E-state index in [0.717, 1.165) is 17.7 Å². The fourth-order valence-electron chi connectivity index (χ4n) is 2.97. The highest BCUT2D eigenvalue weighted by molar-refractivity contribution is 6.34. The predicted molar refractivity (Wildman–Crippen MR) is 105 cm³/mol. The summed E-state index contributed by atoms with van der Waals surface area (Å²) >= 11 is 11.8. The Morgan fingerprint density at radius 1 is 1.21 bits per heavy atom. The molecule has 0 aliphatic carbocycles. The molecule has 0 bridgehead atoms. The molecule has 0 saturated carbocycles. The van der Waals surface area contributed by atoms with E-state index in [2.05, 4.69) is 10.1 Å². The van der Waals surface area contributed by atoms with Crippen LogP contribution in [0.3, 0.4) is 0 Å². The summed E-state index contributed by atoms with van der Waals surface area (Å²) in [6, 6.07) is 8.48. The van der Waals surface area contributed by atoms with Crippen molar-refractivity contribution >= 4 is 40.5 Å². The maximum atomic E-state index is 14.1. The maximum absolute atomic E-state index is 14.1. The van der Waals surface area contributed by atoms with Crippen LogP contribution in [0.5, 0.6) is 0 Å². The maximum Gasteiger partial charge on any atom is 0.435 e. The summed E-state index contributed by atoms with van der Waals surface area (Å²) in [5, 5.41) is 15.5. The molecule has 0 amide bonds. The van der Waals surface area contributed by atoms with Crippen LogP contribution in [0.1, 0.15) is 36.5 Å². The van der Waals surface area contributed by atoms with Gasteiger partial charge in [-0.1, -0.05) is 47.4 Å². The first kappa shape index (κ1) is 21.5. The highest BCUT2D eigenvalue weighted by atomic mass is 35.5. The van der Waals surface area contributed by atoms with E-state index < -0.39 is 18.2 Å². The number of oxime groups is 1. The molecule has 0 fully saturated rings. The number of benzene rings is 2. The van der Waals surface area contributed by atoms with Gasteiger partial charge in [-0.25, -0.2) is 0 Å². The zero-order valence-electron chi connectivity index (χ0n) is 15.5. The van der Waals surface area contributed by atoms with Gasteiger partial charge in [-0.05, 0) is 49.1 Å². The van der Waals surface area contributed by atoms with Crippen LogP contribution < -0.4 is 5.11 Å². The summed E-state index contributed by atoms with van der Waals surface area (Å²) in [6.07, 6.45) is -5.12. The number of alkyl halides is 3. The largest absolute Gasteiger partial charge is 0.862 e. The van der Waals surface area contributed by atoms with Crippen LogP contribution in [0, 0.1) is 6.92 Å². The SMILES string of the molecule is CCC([O-])=Nc1cc(C2=NOC(c3cc(Cl)cc(Cl)c3)(C(F)(F)F)C2)ccc1C. The second-order valence-electron chi connectivity index (χ2n) is 6.65. The fraction of sp³-hybridized carbons (Fsp3) is 0.300. The van der Waals surface area contributed by atoms with E-state index in [1.54, 1.807) is 26.0 Å². The first-order valence-corrected chi connectivity index (χ1v) is 9.45. The second kappa shape index (κ2) is 7.88. The highest BCUT2D eigenvalue weighted by Gasteiger charge is 2.62. The van der Waals surface area contributed by atoms with Crippen molar-refractivity contribution in [1.82, 2.24) is 0 Å². The van der Waals surface area contributed by atoms with E-state index in [9.17, 15) is 18.3 Å². The normalized spacial score (nSPS) is 19.8. The van der Waals surface area contributed by atoms with Crippen LogP contribution in [0.4, 0.5) is 18.9 Å². The van der Waals surface area contributed by atoms with Crippen LogP contribution in [0.15, 0.2) is 46.5 Å². The van der Waals surface area contributed by atoms with Crippen LogP contribution in [0.2, 0.25) is 10.0 Å². The zero-order chi connectivity index (χ0) is 21.4. The smallest absolute Gasteiger partial charge is 0.435 e. The molecule has 154 valence electrons. The van der Waals surface area contributed by atoms with E-state index in [1.165, 1.54) is 12.1 Å². The number of hydrogen-bond donors (Lipinski definition) is 0. The Balaban J connectivity index is 2.02. The third kappa shape index (κ3) is 4.21. The first-order valence-electron chi connectivity index (χ1n) is 8.69. The monoisotopic (exact) mass is 443 g/mol. The van der Waals surface area contributed by atoms with Gasteiger partial charge < -0.3 is 9.94 Å². The van der Waals surface area contributed by atoms with Crippen molar-refractivity contribution in [2.75, 3.05) is 0 Å². The standard InChI is InChI=1S/C20H17Cl2F3N2O2/c1-3-18(28)26-16-6-12(5-4-11(16)2)17-10-19(29-27-17,20(23,24)25)13-7-14(21)9-15(22)8-13/h4-9H,3,10H2,1-2H3,(H,26,28)/p-1.